The average molecular weight is 829 g/mol. The fourth-order valence-electron chi connectivity index (χ4n) is 9.75. The lowest BCUT2D eigenvalue weighted by Crippen LogP contribution is -2.25. The van der Waals surface area contributed by atoms with Crippen LogP contribution in [0.25, 0.3) is 108 Å². The van der Waals surface area contributed by atoms with E-state index >= 15 is 0 Å². The van der Waals surface area contributed by atoms with Crippen LogP contribution >= 0.6 is 11.3 Å². The SMILES string of the molecule is C=NCN/C(=N\n1c2ccccc2c2ccc3c4ccccc4n(-c4ccc5c(c4)c4cc(-c6ccco6)ccc4n5-c4ccccc4)c3c21)c1ccc2sc3ccccc3c2c1. The minimum atomic E-state index is 0.312. The van der Waals surface area contributed by atoms with Gasteiger partial charge in [-0.2, -0.15) is 0 Å². The van der Waals surface area contributed by atoms with Crippen molar-refractivity contribution in [2.75, 3.05) is 6.67 Å². The van der Waals surface area contributed by atoms with Gasteiger partial charge in [-0.1, -0.05) is 84.9 Å². The zero-order valence-electron chi connectivity index (χ0n) is 33.9. The van der Waals surface area contributed by atoms with Gasteiger partial charge in [-0.15, -0.1) is 16.4 Å². The molecule has 0 spiro atoms. The zero-order chi connectivity index (χ0) is 41.6. The molecule has 7 nitrogen and oxygen atoms in total. The van der Waals surface area contributed by atoms with E-state index in [2.05, 4.69) is 201 Å². The molecule has 0 unspecified atom stereocenters. The quantitative estimate of drug-likeness (QED) is 0.128. The Morgan fingerprint density at radius 1 is 0.508 bits per heavy atom. The summed E-state index contributed by atoms with van der Waals surface area (Å²) in [5.41, 5.74) is 10.7. The number of aromatic nitrogens is 3. The Morgan fingerprint density at radius 3 is 2.00 bits per heavy atom. The van der Waals surface area contributed by atoms with Crippen LogP contribution in [-0.4, -0.2) is 33.0 Å². The molecule has 0 bridgehead atoms. The maximum absolute atomic E-state index is 5.90. The van der Waals surface area contributed by atoms with Crippen LogP contribution in [0.1, 0.15) is 5.56 Å². The highest BCUT2D eigenvalue weighted by atomic mass is 32.1. The minimum absolute atomic E-state index is 0.312. The van der Waals surface area contributed by atoms with E-state index in [4.69, 9.17) is 9.52 Å². The largest absolute Gasteiger partial charge is 0.464 e. The van der Waals surface area contributed by atoms with Crippen LogP contribution in [0.5, 0.6) is 0 Å². The molecule has 0 aliphatic carbocycles. The lowest BCUT2D eigenvalue weighted by atomic mass is 10.1. The second kappa shape index (κ2) is 13.9. The molecule has 5 aromatic heterocycles. The van der Waals surface area contributed by atoms with Gasteiger partial charge in [-0.05, 0) is 104 Å². The van der Waals surface area contributed by atoms with E-state index in [-0.39, 0.29) is 0 Å². The molecule has 8 aromatic carbocycles. The molecular weight excluding hydrogens is 793 g/mol. The minimum Gasteiger partial charge on any atom is -0.464 e. The molecule has 13 aromatic rings. The molecule has 0 radical (unpaired) electrons. The number of nitrogens with zero attached hydrogens (tertiary/aromatic N) is 5. The number of para-hydroxylation sites is 3. The summed E-state index contributed by atoms with van der Waals surface area (Å²) in [6, 6.07) is 65.1. The Hall–Kier alpha value is -8.20. The Labute approximate surface area is 364 Å². The van der Waals surface area contributed by atoms with Crippen molar-refractivity contribution in [3.05, 3.63) is 194 Å². The second-order valence-corrected chi connectivity index (χ2v) is 17.0. The summed E-state index contributed by atoms with van der Waals surface area (Å²) in [6.45, 7) is 4.12. The Balaban J connectivity index is 1.11. The fraction of sp³-hybridized carbons (Fsp3) is 0.0182. The molecule has 298 valence electrons. The molecule has 0 saturated heterocycles. The van der Waals surface area contributed by atoms with Gasteiger partial charge >= 0.3 is 0 Å². The molecule has 1 N–H and O–H groups in total. The van der Waals surface area contributed by atoms with E-state index in [0.29, 0.717) is 12.5 Å². The number of furan rings is 1. The molecular formula is C55H36N6OS. The second-order valence-electron chi connectivity index (χ2n) is 15.9. The van der Waals surface area contributed by atoms with Crippen molar-refractivity contribution >= 4 is 109 Å². The van der Waals surface area contributed by atoms with Crippen LogP contribution in [0.15, 0.2) is 203 Å². The first-order chi connectivity index (χ1) is 31.2. The Morgan fingerprint density at radius 2 is 1.19 bits per heavy atom. The third-order valence-corrected chi connectivity index (χ3v) is 13.6. The summed E-state index contributed by atoms with van der Waals surface area (Å²) < 4.78 is 15.3. The van der Waals surface area contributed by atoms with Gasteiger partial charge in [0.15, 0.2) is 5.84 Å². The third kappa shape index (κ3) is 5.38. The van der Waals surface area contributed by atoms with E-state index in [0.717, 1.165) is 88.3 Å². The zero-order valence-corrected chi connectivity index (χ0v) is 34.7. The number of thiophene rings is 1. The molecule has 0 saturated carbocycles. The highest BCUT2D eigenvalue weighted by molar-refractivity contribution is 7.25. The summed E-state index contributed by atoms with van der Waals surface area (Å²) >= 11 is 1.81. The molecule has 63 heavy (non-hydrogen) atoms. The van der Waals surface area contributed by atoms with Crippen molar-refractivity contribution in [3.63, 3.8) is 0 Å². The maximum Gasteiger partial charge on any atom is 0.155 e. The summed E-state index contributed by atoms with van der Waals surface area (Å²) in [5, 5.41) is 18.4. The molecule has 0 amide bonds. The standard InChI is InChI=1S/C55H36N6OS/c1-56-33-57-55(35-22-28-52-45(31-35)40-16-7-10-20-51(40)63-52)58-61-49-18-9-6-15-39(49)42-25-24-41-38-14-5-8-17-46(38)60(53(41)54(42)61)37-23-27-48-44(32-37)43-30-34(50-19-11-29-62-50)21-26-47(43)59(48)36-12-3-2-4-13-36/h2-32H,1,33H2,(H,57,58). The molecule has 0 fully saturated rings. The van der Waals surface area contributed by atoms with Crippen molar-refractivity contribution in [1.82, 2.24) is 19.1 Å². The van der Waals surface area contributed by atoms with Gasteiger partial charge in [-0.3, -0.25) is 4.99 Å². The van der Waals surface area contributed by atoms with Crippen LogP contribution in [0, 0.1) is 0 Å². The van der Waals surface area contributed by atoms with Gasteiger partial charge in [-0.25, -0.2) is 4.68 Å². The first-order valence-corrected chi connectivity index (χ1v) is 21.8. The molecule has 5 heterocycles. The number of aliphatic imine (C=N–C) groups is 1. The number of hydrogen-bond acceptors (Lipinski definition) is 4. The lowest BCUT2D eigenvalue weighted by molar-refractivity contribution is 0.582. The van der Waals surface area contributed by atoms with Gasteiger partial charge in [0.1, 0.15) is 12.4 Å². The number of fused-ring (bicyclic) bond motifs is 13. The summed E-state index contributed by atoms with van der Waals surface area (Å²) in [5.74, 6) is 1.55. The highest BCUT2D eigenvalue weighted by Gasteiger charge is 2.23. The van der Waals surface area contributed by atoms with E-state index < -0.39 is 0 Å². The van der Waals surface area contributed by atoms with Gasteiger partial charge in [0.25, 0.3) is 0 Å². The molecule has 13 rings (SSSR count). The van der Waals surface area contributed by atoms with Crippen LogP contribution in [0.4, 0.5) is 0 Å². The van der Waals surface area contributed by atoms with Crippen molar-refractivity contribution in [2.24, 2.45) is 10.1 Å². The van der Waals surface area contributed by atoms with Gasteiger partial charge < -0.3 is 18.9 Å². The molecule has 0 atom stereocenters. The maximum atomic E-state index is 5.90. The predicted octanol–water partition coefficient (Wildman–Crippen LogP) is 14.1. The van der Waals surface area contributed by atoms with Crippen LogP contribution in [0.2, 0.25) is 0 Å². The topological polar surface area (TPSA) is 64.7 Å². The van der Waals surface area contributed by atoms with Crippen molar-refractivity contribution in [2.45, 2.75) is 0 Å². The monoisotopic (exact) mass is 828 g/mol. The van der Waals surface area contributed by atoms with Crippen molar-refractivity contribution < 1.29 is 4.42 Å². The number of amidine groups is 1. The smallest absolute Gasteiger partial charge is 0.155 e. The number of nitrogens with one attached hydrogen (secondary N) is 1. The fourth-order valence-corrected chi connectivity index (χ4v) is 10.8. The van der Waals surface area contributed by atoms with Crippen LogP contribution < -0.4 is 5.32 Å². The molecule has 0 aliphatic rings. The Bertz CT molecular complexity index is 4000. The normalized spacial score (nSPS) is 12.3. The van der Waals surface area contributed by atoms with E-state index in [9.17, 15) is 0 Å². The van der Waals surface area contributed by atoms with E-state index in [1.165, 1.54) is 25.6 Å². The summed E-state index contributed by atoms with van der Waals surface area (Å²) in [6.07, 6.45) is 1.73. The first kappa shape index (κ1) is 35.5. The van der Waals surface area contributed by atoms with E-state index in [1.54, 1.807) is 6.26 Å². The van der Waals surface area contributed by atoms with Gasteiger partial charge in [0.2, 0.25) is 0 Å². The predicted molar refractivity (Wildman–Crippen MR) is 265 cm³/mol. The van der Waals surface area contributed by atoms with Gasteiger partial charge in [0.05, 0.1) is 39.4 Å². The van der Waals surface area contributed by atoms with E-state index in [1.807, 2.05) is 23.5 Å². The first-order valence-electron chi connectivity index (χ1n) is 21.0. The molecule has 8 heteroatoms. The van der Waals surface area contributed by atoms with Gasteiger partial charge in [0, 0.05) is 75.0 Å². The highest BCUT2D eigenvalue weighted by Crippen LogP contribution is 2.43. The van der Waals surface area contributed by atoms with Crippen LogP contribution in [0.3, 0.4) is 0 Å². The number of benzene rings is 8. The lowest BCUT2D eigenvalue weighted by Gasteiger charge is -2.13. The third-order valence-electron chi connectivity index (χ3n) is 12.5. The summed E-state index contributed by atoms with van der Waals surface area (Å²) in [4.78, 5) is 4.22. The Kier molecular flexibility index (Phi) is 7.85. The van der Waals surface area contributed by atoms with Crippen molar-refractivity contribution in [1.29, 1.82) is 0 Å². The number of rotatable bonds is 7. The summed E-state index contributed by atoms with van der Waals surface area (Å²) in [7, 11) is 0. The number of hydrogen-bond donors (Lipinski definition) is 1. The van der Waals surface area contributed by atoms with Crippen LogP contribution in [-0.2, 0) is 0 Å². The average Bonchev–Trinajstić information content (AvgIpc) is 4.18. The van der Waals surface area contributed by atoms with Crippen molar-refractivity contribution in [3.8, 4) is 22.7 Å². The molecule has 0 aliphatic heterocycles.